The quantitative estimate of drug-likeness (QED) is 0.160. The summed E-state index contributed by atoms with van der Waals surface area (Å²) >= 11 is 0. The van der Waals surface area contributed by atoms with Gasteiger partial charge in [0.05, 0.1) is 11.9 Å². The maximum atomic E-state index is 12.1. The Labute approximate surface area is 152 Å². The minimum Gasteiger partial charge on any atom is -0.512 e. The molecule has 0 saturated carbocycles. The first-order valence-corrected chi connectivity index (χ1v) is 9.78. The minimum absolute atomic E-state index is 0.0921. The number of aliphatic carboxylic acids is 1. The number of hydrogen-bond acceptors (Lipinski definition) is 4. The number of carboxylic acids is 1. The van der Waals surface area contributed by atoms with Crippen LogP contribution in [0.1, 0.15) is 90.9 Å². The summed E-state index contributed by atoms with van der Waals surface area (Å²) in [6.45, 7) is 4.18. The lowest BCUT2D eigenvalue weighted by Gasteiger charge is -2.16. The number of hydrogen-bond donors (Lipinski definition) is 3. The van der Waals surface area contributed by atoms with Crippen molar-refractivity contribution in [3.05, 3.63) is 11.8 Å². The van der Waals surface area contributed by atoms with Gasteiger partial charge in [0.1, 0.15) is 5.92 Å². The summed E-state index contributed by atoms with van der Waals surface area (Å²) in [7, 11) is 0. The zero-order valence-corrected chi connectivity index (χ0v) is 15.9. The Morgan fingerprint density at radius 3 is 1.92 bits per heavy atom. The van der Waals surface area contributed by atoms with Gasteiger partial charge in [-0.2, -0.15) is 0 Å². The van der Waals surface area contributed by atoms with Crippen molar-refractivity contribution in [2.24, 2.45) is 5.92 Å². The third-order valence-electron chi connectivity index (χ3n) is 4.41. The maximum absolute atomic E-state index is 12.1. The summed E-state index contributed by atoms with van der Waals surface area (Å²) in [5.74, 6) is -3.65. The van der Waals surface area contributed by atoms with Crippen molar-refractivity contribution in [3.63, 3.8) is 0 Å². The molecule has 146 valence electrons. The highest BCUT2D eigenvalue weighted by Gasteiger charge is 2.32. The van der Waals surface area contributed by atoms with Crippen molar-refractivity contribution in [2.75, 3.05) is 0 Å². The number of carbonyl (C=O) groups excluding carboxylic acids is 1. The standard InChI is InChI=1S/C20H36O5/c1-3-5-7-8-9-10-12-13-16(21)15-18(23)19(20(24)25)17(22)14-11-6-4-2/h15,17,19,21-22H,3-14H2,1-2H3,(H,24,25). The van der Waals surface area contributed by atoms with Crippen LogP contribution in [0.4, 0.5) is 0 Å². The molecule has 0 heterocycles. The van der Waals surface area contributed by atoms with Crippen molar-refractivity contribution >= 4 is 11.8 Å². The van der Waals surface area contributed by atoms with Gasteiger partial charge in [0.15, 0.2) is 5.78 Å². The largest absolute Gasteiger partial charge is 0.512 e. The molecule has 25 heavy (non-hydrogen) atoms. The second kappa shape index (κ2) is 14.9. The third-order valence-corrected chi connectivity index (χ3v) is 4.41. The van der Waals surface area contributed by atoms with E-state index in [4.69, 9.17) is 0 Å². The lowest BCUT2D eigenvalue weighted by molar-refractivity contribution is -0.149. The Balaban J connectivity index is 4.31. The Bertz CT molecular complexity index is 403. The van der Waals surface area contributed by atoms with Gasteiger partial charge in [0, 0.05) is 12.5 Å². The molecule has 2 atom stereocenters. The highest BCUT2D eigenvalue weighted by molar-refractivity contribution is 6.05. The topological polar surface area (TPSA) is 94.8 Å². The van der Waals surface area contributed by atoms with Gasteiger partial charge in [0.2, 0.25) is 0 Å². The zero-order chi connectivity index (χ0) is 19.1. The normalized spacial score (nSPS) is 14.3. The predicted molar refractivity (Wildman–Crippen MR) is 99.6 cm³/mol. The second-order valence-corrected chi connectivity index (χ2v) is 6.79. The number of unbranched alkanes of at least 4 members (excludes halogenated alkanes) is 8. The molecule has 2 unspecified atom stereocenters. The van der Waals surface area contributed by atoms with Crippen LogP contribution in [0.25, 0.3) is 0 Å². The molecule has 3 N–H and O–H groups in total. The molecule has 0 aliphatic rings. The molecule has 0 saturated heterocycles. The van der Waals surface area contributed by atoms with E-state index in [2.05, 4.69) is 6.92 Å². The summed E-state index contributed by atoms with van der Waals surface area (Å²) < 4.78 is 0. The Morgan fingerprint density at radius 1 is 0.840 bits per heavy atom. The first-order valence-electron chi connectivity index (χ1n) is 9.78. The van der Waals surface area contributed by atoms with Gasteiger partial charge >= 0.3 is 5.97 Å². The Kier molecular flexibility index (Phi) is 14.1. The Morgan fingerprint density at radius 2 is 1.36 bits per heavy atom. The number of rotatable bonds is 16. The molecule has 0 radical (unpaired) electrons. The third kappa shape index (κ3) is 11.8. The van der Waals surface area contributed by atoms with Gasteiger partial charge in [-0.25, -0.2) is 0 Å². The van der Waals surface area contributed by atoms with E-state index >= 15 is 0 Å². The van der Waals surface area contributed by atoms with Crippen LogP contribution < -0.4 is 0 Å². The van der Waals surface area contributed by atoms with E-state index in [0.717, 1.165) is 38.2 Å². The fraction of sp³-hybridized carbons (Fsp3) is 0.800. The summed E-state index contributed by atoms with van der Waals surface area (Å²) in [6, 6.07) is 0. The van der Waals surface area contributed by atoms with Crippen molar-refractivity contribution in [3.8, 4) is 0 Å². The van der Waals surface area contributed by atoms with Gasteiger partial charge in [0.25, 0.3) is 0 Å². The molecule has 0 aromatic heterocycles. The van der Waals surface area contributed by atoms with Gasteiger partial charge in [-0.1, -0.05) is 71.6 Å². The van der Waals surface area contributed by atoms with Gasteiger partial charge < -0.3 is 15.3 Å². The maximum Gasteiger partial charge on any atom is 0.317 e. The van der Waals surface area contributed by atoms with Gasteiger partial charge in [-0.15, -0.1) is 0 Å². The fourth-order valence-corrected chi connectivity index (χ4v) is 2.84. The molecule has 0 fully saturated rings. The van der Waals surface area contributed by atoms with Crippen molar-refractivity contribution < 1.29 is 24.9 Å². The van der Waals surface area contributed by atoms with Crippen molar-refractivity contribution in [1.82, 2.24) is 0 Å². The molecule has 0 bridgehead atoms. The molecule has 0 rings (SSSR count). The smallest absolute Gasteiger partial charge is 0.317 e. The summed E-state index contributed by atoms with van der Waals surface area (Å²) in [4.78, 5) is 23.4. The van der Waals surface area contributed by atoms with Gasteiger partial charge in [-0.3, -0.25) is 9.59 Å². The molecule has 0 aromatic carbocycles. The summed E-state index contributed by atoms with van der Waals surface area (Å²) in [5.41, 5.74) is 0. The fourth-order valence-electron chi connectivity index (χ4n) is 2.84. The summed E-state index contributed by atoms with van der Waals surface area (Å²) in [6.07, 6.45) is 10.7. The highest BCUT2D eigenvalue weighted by atomic mass is 16.4. The van der Waals surface area contributed by atoms with E-state index in [9.17, 15) is 24.9 Å². The first kappa shape index (κ1) is 23.6. The SMILES string of the molecule is CCCCCCCCCC(O)=CC(=O)C(C(=O)O)C(O)CCCCC. The molecule has 0 aliphatic carbocycles. The van der Waals surface area contributed by atoms with Crippen LogP contribution in [0.5, 0.6) is 0 Å². The van der Waals surface area contributed by atoms with Crippen molar-refractivity contribution in [1.29, 1.82) is 0 Å². The van der Waals surface area contributed by atoms with E-state index < -0.39 is 23.8 Å². The van der Waals surface area contributed by atoms with Crippen LogP contribution in [0.15, 0.2) is 11.8 Å². The van der Waals surface area contributed by atoms with E-state index in [0.29, 0.717) is 12.8 Å². The molecular weight excluding hydrogens is 320 g/mol. The number of aliphatic hydroxyl groups is 2. The average molecular weight is 357 g/mol. The lowest BCUT2D eigenvalue weighted by atomic mass is 9.92. The van der Waals surface area contributed by atoms with E-state index in [1.54, 1.807) is 0 Å². The van der Waals surface area contributed by atoms with E-state index in [1.807, 2.05) is 6.92 Å². The highest BCUT2D eigenvalue weighted by Crippen LogP contribution is 2.16. The van der Waals surface area contributed by atoms with E-state index in [-0.39, 0.29) is 12.2 Å². The molecule has 0 aliphatic heterocycles. The second-order valence-electron chi connectivity index (χ2n) is 6.79. The van der Waals surface area contributed by atoms with Crippen LogP contribution in [0, 0.1) is 5.92 Å². The van der Waals surface area contributed by atoms with Crippen molar-refractivity contribution in [2.45, 2.75) is 97.0 Å². The van der Waals surface area contributed by atoms with Crippen LogP contribution in [-0.4, -0.2) is 33.2 Å². The van der Waals surface area contributed by atoms with Gasteiger partial charge in [-0.05, 0) is 12.8 Å². The molecule has 0 aromatic rings. The monoisotopic (exact) mass is 356 g/mol. The van der Waals surface area contributed by atoms with E-state index in [1.165, 1.54) is 25.7 Å². The first-order chi connectivity index (χ1) is 11.9. The van der Waals surface area contributed by atoms with Crippen LogP contribution in [0.2, 0.25) is 0 Å². The molecule has 0 amide bonds. The van der Waals surface area contributed by atoms with Crippen LogP contribution in [-0.2, 0) is 9.59 Å². The van der Waals surface area contributed by atoms with Crippen LogP contribution in [0.3, 0.4) is 0 Å². The lowest BCUT2D eigenvalue weighted by Crippen LogP contribution is -2.34. The minimum atomic E-state index is -1.49. The number of ketones is 1. The Hall–Kier alpha value is -1.36. The number of aliphatic hydroxyl groups excluding tert-OH is 2. The molecule has 5 nitrogen and oxygen atoms in total. The van der Waals surface area contributed by atoms with Crippen LogP contribution >= 0.6 is 0 Å². The number of allylic oxidation sites excluding steroid dienone is 2. The molecule has 5 heteroatoms. The number of carboxylic acid groups (broad SMARTS) is 1. The predicted octanol–water partition coefficient (Wildman–Crippen LogP) is 4.78. The summed E-state index contributed by atoms with van der Waals surface area (Å²) in [5, 5.41) is 29.1. The zero-order valence-electron chi connectivity index (χ0n) is 15.9. The average Bonchev–Trinajstić information content (AvgIpc) is 2.54. The number of carbonyl (C=O) groups is 2. The molecular formula is C20H36O5. The molecule has 0 spiro atoms.